The highest BCUT2D eigenvalue weighted by molar-refractivity contribution is 6.04. The zero-order chi connectivity index (χ0) is 27.4. The maximum absolute atomic E-state index is 14.3. The number of ether oxygens (including phenoxy) is 1. The van der Waals surface area contributed by atoms with Crippen molar-refractivity contribution in [3.63, 3.8) is 0 Å². The summed E-state index contributed by atoms with van der Waals surface area (Å²) in [5.74, 6) is -1.83. The molecular formula is C30H33FN2O4. The summed E-state index contributed by atoms with van der Waals surface area (Å²) in [6, 6.07) is 8.78. The molecule has 1 aliphatic heterocycles. The molecule has 3 aromatic rings. The summed E-state index contributed by atoms with van der Waals surface area (Å²) >= 11 is 0. The molecule has 2 aromatic carbocycles. The number of aromatic nitrogens is 1. The van der Waals surface area contributed by atoms with Crippen LogP contribution in [0, 0.1) is 26.6 Å². The highest BCUT2D eigenvalue weighted by atomic mass is 19.1. The summed E-state index contributed by atoms with van der Waals surface area (Å²) in [6.07, 6.45) is -0.109. The Bertz CT molecular complexity index is 1410. The predicted octanol–water partition coefficient (Wildman–Crippen LogP) is 6.85. The molecule has 1 aromatic heterocycles. The number of pyridine rings is 1. The van der Waals surface area contributed by atoms with Crippen molar-refractivity contribution >= 4 is 17.6 Å². The fourth-order valence-corrected chi connectivity index (χ4v) is 5.35. The maximum Gasteiger partial charge on any atom is 0.337 e. The SMILES string of the molecule is CC(=O)N1c2c(C)c([C@H](OC(C)(C)C)C(=O)O)c(-c3ccc(C)cc3)c(C)c2-c2ncc(F)cc2[C@@H]1C. The second kappa shape index (κ2) is 9.38. The van der Waals surface area contributed by atoms with Crippen LogP contribution in [0.15, 0.2) is 36.5 Å². The molecule has 194 valence electrons. The van der Waals surface area contributed by atoms with Gasteiger partial charge >= 0.3 is 5.97 Å². The average Bonchev–Trinajstić information content (AvgIpc) is 2.79. The van der Waals surface area contributed by atoms with E-state index in [2.05, 4.69) is 4.98 Å². The third-order valence-corrected chi connectivity index (χ3v) is 6.85. The van der Waals surface area contributed by atoms with Crippen molar-refractivity contribution in [2.24, 2.45) is 0 Å². The number of carboxylic acid groups (broad SMARTS) is 1. The van der Waals surface area contributed by atoms with E-state index in [1.54, 1.807) is 4.90 Å². The van der Waals surface area contributed by atoms with E-state index in [0.717, 1.165) is 16.7 Å². The molecule has 0 bridgehead atoms. The first-order valence-corrected chi connectivity index (χ1v) is 12.3. The number of hydrogen-bond acceptors (Lipinski definition) is 4. The third kappa shape index (κ3) is 4.64. The molecule has 0 saturated heterocycles. The molecule has 1 aliphatic rings. The van der Waals surface area contributed by atoms with E-state index in [1.165, 1.54) is 19.2 Å². The quantitative estimate of drug-likeness (QED) is 0.420. The van der Waals surface area contributed by atoms with Crippen molar-refractivity contribution < 1.29 is 23.8 Å². The minimum atomic E-state index is -1.29. The molecular weight excluding hydrogens is 471 g/mol. The van der Waals surface area contributed by atoms with E-state index >= 15 is 0 Å². The van der Waals surface area contributed by atoms with Crippen LogP contribution in [0.5, 0.6) is 0 Å². The number of halogens is 1. The molecule has 37 heavy (non-hydrogen) atoms. The molecule has 0 spiro atoms. The van der Waals surface area contributed by atoms with Gasteiger partial charge in [0.25, 0.3) is 0 Å². The zero-order valence-electron chi connectivity index (χ0n) is 22.6. The molecule has 2 heterocycles. The van der Waals surface area contributed by atoms with E-state index < -0.39 is 29.5 Å². The van der Waals surface area contributed by atoms with Gasteiger partial charge in [-0.2, -0.15) is 0 Å². The Kier molecular flexibility index (Phi) is 6.71. The largest absolute Gasteiger partial charge is 0.479 e. The van der Waals surface area contributed by atoms with Crippen molar-refractivity contribution in [1.82, 2.24) is 4.98 Å². The van der Waals surface area contributed by atoms with Crippen molar-refractivity contribution in [3.8, 4) is 22.4 Å². The zero-order valence-corrected chi connectivity index (χ0v) is 22.6. The normalized spacial score (nSPS) is 15.7. The van der Waals surface area contributed by atoms with Gasteiger partial charge in [-0.25, -0.2) is 9.18 Å². The van der Waals surface area contributed by atoms with Crippen molar-refractivity contribution in [2.75, 3.05) is 4.90 Å². The second-order valence-corrected chi connectivity index (χ2v) is 10.7. The molecule has 6 nitrogen and oxygen atoms in total. The van der Waals surface area contributed by atoms with E-state index in [-0.39, 0.29) is 5.91 Å². The minimum absolute atomic E-state index is 0.233. The number of carbonyl (C=O) groups excluding carboxylic acids is 1. The smallest absolute Gasteiger partial charge is 0.337 e. The topological polar surface area (TPSA) is 79.7 Å². The first kappa shape index (κ1) is 26.5. The number of anilines is 1. The molecule has 0 saturated carbocycles. The number of rotatable bonds is 4. The van der Waals surface area contributed by atoms with E-state index in [4.69, 9.17) is 4.74 Å². The summed E-state index contributed by atoms with van der Waals surface area (Å²) in [7, 11) is 0. The van der Waals surface area contributed by atoms with Gasteiger partial charge in [-0.3, -0.25) is 9.78 Å². The summed E-state index contributed by atoms with van der Waals surface area (Å²) < 4.78 is 20.4. The van der Waals surface area contributed by atoms with Gasteiger partial charge in [-0.1, -0.05) is 29.8 Å². The first-order valence-electron chi connectivity index (χ1n) is 12.3. The average molecular weight is 505 g/mol. The Labute approximate surface area is 217 Å². The van der Waals surface area contributed by atoms with Crippen molar-refractivity contribution in [1.29, 1.82) is 0 Å². The van der Waals surface area contributed by atoms with Gasteiger partial charge in [0.1, 0.15) is 5.82 Å². The lowest BCUT2D eigenvalue weighted by atomic mass is 9.79. The number of aliphatic carboxylic acids is 1. The van der Waals surface area contributed by atoms with Crippen molar-refractivity contribution in [2.45, 2.75) is 73.1 Å². The van der Waals surface area contributed by atoms with Gasteiger partial charge in [-0.15, -0.1) is 0 Å². The van der Waals surface area contributed by atoms with Crippen LogP contribution in [0.1, 0.15) is 74.6 Å². The van der Waals surface area contributed by atoms with Crippen LogP contribution < -0.4 is 4.90 Å². The van der Waals surface area contributed by atoms with Gasteiger partial charge in [-0.05, 0) is 76.8 Å². The second-order valence-electron chi connectivity index (χ2n) is 10.7. The lowest BCUT2D eigenvalue weighted by Crippen LogP contribution is -2.37. The maximum atomic E-state index is 14.3. The van der Waals surface area contributed by atoms with Crippen molar-refractivity contribution in [3.05, 3.63) is 70.2 Å². The van der Waals surface area contributed by atoms with Crippen LogP contribution in [0.4, 0.5) is 10.1 Å². The molecule has 7 heteroatoms. The number of fused-ring (bicyclic) bond motifs is 3. The van der Waals surface area contributed by atoms with Gasteiger partial charge in [0.2, 0.25) is 5.91 Å². The molecule has 0 unspecified atom stereocenters. The van der Waals surface area contributed by atoms with E-state index in [9.17, 15) is 19.1 Å². The lowest BCUT2D eigenvalue weighted by Gasteiger charge is -2.40. The first-order chi connectivity index (χ1) is 17.2. The monoisotopic (exact) mass is 504 g/mol. The predicted molar refractivity (Wildman–Crippen MR) is 142 cm³/mol. The van der Waals surface area contributed by atoms with Crippen LogP contribution in [-0.4, -0.2) is 27.6 Å². The Morgan fingerprint density at radius 3 is 2.24 bits per heavy atom. The minimum Gasteiger partial charge on any atom is -0.479 e. The molecule has 1 amide bonds. The molecule has 4 rings (SSSR count). The number of benzene rings is 2. The Morgan fingerprint density at radius 2 is 1.70 bits per heavy atom. The molecule has 0 radical (unpaired) electrons. The Balaban J connectivity index is 2.20. The van der Waals surface area contributed by atoms with Gasteiger partial charge in [0.05, 0.1) is 29.2 Å². The van der Waals surface area contributed by atoms with Gasteiger partial charge < -0.3 is 14.7 Å². The fourth-order valence-electron chi connectivity index (χ4n) is 5.35. The van der Waals surface area contributed by atoms with E-state index in [1.807, 2.05) is 72.7 Å². The van der Waals surface area contributed by atoms with E-state index in [0.29, 0.717) is 39.2 Å². The lowest BCUT2D eigenvalue weighted by molar-refractivity contribution is -0.160. The number of carboxylic acids is 1. The molecule has 0 aliphatic carbocycles. The van der Waals surface area contributed by atoms with Crippen LogP contribution in [0.3, 0.4) is 0 Å². The highest BCUT2D eigenvalue weighted by Crippen LogP contribution is 2.52. The molecule has 1 N–H and O–H groups in total. The fraction of sp³-hybridized carbons (Fsp3) is 0.367. The summed E-state index contributed by atoms with van der Waals surface area (Å²) in [6.45, 7) is 14.4. The van der Waals surface area contributed by atoms with Gasteiger partial charge in [0.15, 0.2) is 6.10 Å². The summed E-state index contributed by atoms with van der Waals surface area (Å²) in [4.78, 5) is 31.8. The van der Waals surface area contributed by atoms with Crippen LogP contribution in [0.25, 0.3) is 22.4 Å². The third-order valence-electron chi connectivity index (χ3n) is 6.85. The molecule has 2 atom stereocenters. The van der Waals surface area contributed by atoms with Gasteiger partial charge in [0, 0.05) is 23.6 Å². The summed E-state index contributed by atoms with van der Waals surface area (Å²) in [5.41, 5.74) is 6.19. The number of amides is 1. The Hall–Kier alpha value is -3.58. The number of hydrogen-bond donors (Lipinski definition) is 1. The summed E-state index contributed by atoms with van der Waals surface area (Å²) in [5, 5.41) is 10.4. The Morgan fingerprint density at radius 1 is 1.08 bits per heavy atom. The number of carbonyl (C=O) groups is 2. The number of aryl methyl sites for hydroxylation is 1. The highest BCUT2D eigenvalue weighted by Gasteiger charge is 2.40. The number of nitrogens with zero attached hydrogens (tertiary/aromatic N) is 2. The van der Waals surface area contributed by atoms with Crippen LogP contribution in [0.2, 0.25) is 0 Å². The van der Waals surface area contributed by atoms with Crippen LogP contribution >= 0.6 is 0 Å². The van der Waals surface area contributed by atoms with Crippen LogP contribution in [-0.2, 0) is 14.3 Å². The standard InChI is InChI=1S/C30H33FN2O4/c1-15-9-11-20(12-10-15)23-16(2)25-26-22(13-21(31)14-32-26)18(4)33(19(5)34)27(25)17(3)24(23)28(29(35)36)37-30(6,7)8/h9-14,18,28H,1-8H3,(H,35,36)/t18-,28-/m0/s1. The molecule has 0 fully saturated rings.